The number of aryl methyl sites for hydroxylation is 1. The highest BCUT2D eigenvalue weighted by molar-refractivity contribution is 9.09. The summed E-state index contributed by atoms with van der Waals surface area (Å²) in [4.78, 5) is -0.139. The molecule has 22 heavy (non-hydrogen) atoms. The molecule has 2 atom stereocenters. The Bertz CT molecular complexity index is 897. The Morgan fingerprint density at radius 2 is 1.86 bits per heavy atom. The highest BCUT2D eigenvalue weighted by Gasteiger charge is 2.42. The van der Waals surface area contributed by atoms with Gasteiger partial charge < -0.3 is 14.4 Å². The van der Waals surface area contributed by atoms with Crippen molar-refractivity contribution < 1.29 is 9.84 Å². The fourth-order valence-electron chi connectivity index (χ4n) is 3.44. The topological polar surface area (TPSA) is 34.4 Å². The lowest BCUT2D eigenvalue weighted by Crippen LogP contribution is -2.45. The first-order chi connectivity index (χ1) is 10.4. The Morgan fingerprint density at radius 1 is 1.14 bits per heavy atom. The number of alkyl halides is 1. The first-order valence-electron chi connectivity index (χ1n) is 7.43. The Labute approximate surface area is 137 Å². The molecule has 1 aliphatic heterocycles. The number of ether oxygens (including phenoxy) is 1. The Kier molecular flexibility index (Phi) is 2.88. The minimum Gasteiger partial charge on any atom is -0.485 e. The van der Waals surface area contributed by atoms with Crippen LogP contribution >= 0.6 is 15.9 Å². The van der Waals surface area contributed by atoms with Crippen LogP contribution in [0.1, 0.15) is 25.5 Å². The summed E-state index contributed by atoms with van der Waals surface area (Å²) in [6.45, 7) is 4.01. The zero-order valence-corrected chi connectivity index (χ0v) is 14.4. The Hall–Kier alpha value is -1.52. The largest absolute Gasteiger partial charge is 0.485 e. The van der Waals surface area contributed by atoms with Gasteiger partial charge in [0, 0.05) is 28.9 Å². The van der Waals surface area contributed by atoms with Crippen molar-refractivity contribution in [1.82, 2.24) is 4.57 Å². The minimum absolute atomic E-state index is 0.139. The number of aliphatic hydroxyl groups excluding tert-OH is 1. The third kappa shape index (κ3) is 1.71. The molecule has 4 rings (SSSR count). The molecule has 2 aromatic carbocycles. The zero-order chi connectivity index (χ0) is 15.6. The molecule has 4 heteroatoms. The molecular weight excluding hydrogens is 342 g/mol. The average Bonchev–Trinajstić information content (AvgIpc) is 2.79. The van der Waals surface area contributed by atoms with Gasteiger partial charge in [0.15, 0.2) is 0 Å². The number of hydrogen-bond donors (Lipinski definition) is 1. The lowest BCUT2D eigenvalue weighted by molar-refractivity contribution is 0.0241. The molecule has 0 aliphatic carbocycles. The predicted molar refractivity (Wildman–Crippen MR) is 92.8 cm³/mol. The van der Waals surface area contributed by atoms with Crippen molar-refractivity contribution >= 4 is 37.7 Å². The molecule has 0 amide bonds. The second kappa shape index (κ2) is 4.49. The molecule has 1 aromatic heterocycles. The van der Waals surface area contributed by atoms with Gasteiger partial charge in [-0.3, -0.25) is 0 Å². The van der Waals surface area contributed by atoms with E-state index in [2.05, 4.69) is 45.7 Å². The molecule has 1 aliphatic rings. The van der Waals surface area contributed by atoms with Gasteiger partial charge in [-0.15, -0.1) is 0 Å². The van der Waals surface area contributed by atoms with Crippen LogP contribution in [0.5, 0.6) is 5.75 Å². The molecule has 3 nitrogen and oxygen atoms in total. The molecule has 0 spiro atoms. The second-order valence-electron chi connectivity index (χ2n) is 6.51. The van der Waals surface area contributed by atoms with Crippen LogP contribution in [0, 0.1) is 0 Å². The van der Waals surface area contributed by atoms with Gasteiger partial charge in [0.05, 0.1) is 16.4 Å². The molecule has 0 radical (unpaired) electrons. The molecule has 114 valence electrons. The van der Waals surface area contributed by atoms with E-state index < -0.39 is 11.7 Å². The van der Waals surface area contributed by atoms with Crippen LogP contribution in [-0.2, 0) is 7.05 Å². The van der Waals surface area contributed by atoms with Crippen molar-refractivity contribution in [2.75, 3.05) is 0 Å². The number of benzene rings is 2. The fraction of sp³-hybridized carbons (Fsp3) is 0.333. The number of rotatable bonds is 0. The molecule has 0 saturated heterocycles. The summed E-state index contributed by atoms with van der Waals surface area (Å²) in [6, 6.07) is 12.4. The van der Waals surface area contributed by atoms with Crippen LogP contribution < -0.4 is 4.74 Å². The van der Waals surface area contributed by atoms with Gasteiger partial charge in [0.25, 0.3) is 0 Å². The van der Waals surface area contributed by atoms with Gasteiger partial charge in [-0.25, -0.2) is 0 Å². The summed E-state index contributed by atoms with van der Waals surface area (Å²) < 4.78 is 8.49. The summed E-state index contributed by atoms with van der Waals surface area (Å²) in [7, 11) is 2.06. The van der Waals surface area contributed by atoms with Crippen molar-refractivity contribution in [2.24, 2.45) is 7.05 Å². The van der Waals surface area contributed by atoms with E-state index in [1.165, 1.54) is 5.52 Å². The number of hydrogen-bond acceptors (Lipinski definition) is 2. The number of nitrogens with zero attached hydrogens (tertiary/aromatic N) is 1. The van der Waals surface area contributed by atoms with Crippen LogP contribution in [0.4, 0.5) is 0 Å². The molecule has 0 fully saturated rings. The van der Waals surface area contributed by atoms with Gasteiger partial charge in [0.2, 0.25) is 0 Å². The standard InChI is InChI=1S/C18H18BrNO2/c1-18(2)17(19)15(21)11-8-9-13-14(16(11)22-18)10-6-4-5-7-12(10)20(13)3/h4-9,15,17,21H,1-3H3/t15-,17+/m0/s1. The fourth-order valence-corrected chi connectivity index (χ4v) is 3.81. The van der Waals surface area contributed by atoms with Crippen LogP contribution in [0.25, 0.3) is 21.8 Å². The lowest BCUT2D eigenvalue weighted by atomic mass is 9.90. The Morgan fingerprint density at radius 3 is 2.64 bits per heavy atom. The molecule has 1 N–H and O–H groups in total. The monoisotopic (exact) mass is 359 g/mol. The van der Waals surface area contributed by atoms with Crippen LogP contribution in [-0.4, -0.2) is 20.1 Å². The summed E-state index contributed by atoms with van der Waals surface area (Å²) in [5.74, 6) is 0.808. The Balaban J connectivity index is 2.15. The summed E-state index contributed by atoms with van der Waals surface area (Å²) in [6.07, 6.45) is -0.581. The van der Waals surface area contributed by atoms with Gasteiger partial charge in [-0.1, -0.05) is 40.2 Å². The molecule has 0 bridgehead atoms. The second-order valence-corrected chi connectivity index (χ2v) is 7.49. The molecule has 3 aromatic rings. The minimum atomic E-state index is -0.581. The van der Waals surface area contributed by atoms with Gasteiger partial charge >= 0.3 is 0 Å². The lowest BCUT2D eigenvalue weighted by Gasteiger charge is -2.40. The van der Waals surface area contributed by atoms with Crippen molar-refractivity contribution in [3.05, 3.63) is 42.0 Å². The average molecular weight is 360 g/mol. The summed E-state index contributed by atoms with van der Waals surface area (Å²) in [5.41, 5.74) is 2.67. The SMILES string of the molecule is Cn1c2ccccc2c2c3c(ccc21)[C@H](O)[C@@H](Br)C(C)(C)O3. The van der Waals surface area contributed by atoms with E-state index in [4.69, 9.17) is 4.74 Å². The van der Waals surface area contributed by atoms with E-state index in [-0.39, 0.29) is 4.83 Å². The van der Waals surface area contributed by atoms with Gasteiger partial charge in [0.1, 0.15) is 11.4 Å². The third-order valence-corrected chi connectivity index (χ3v) is 6.29. The van der Waals surface area contributed by atoms with Crippen LogP contribution in [0.3, 0.4) is 0 Å². The number of para-hydroxylation sites is 1. The van der Waals surface area contributed by atoms with Crippen LogP contribution in [0.15, 0.2) is 36.4 Å². The third-order valence-electron chi connectivity index (χ3n) is 4.69. The van der Waals surface area contributed by atoms with E-state index in [9.17, 15) is 5.11 Å². The molecular formula is C18H18BrNO2. The van der Waals surface area contributed by atoms with Crippen LogP contribution in [0.2, 0.25) is 0 Å². The smallest absolute Gasteiger partial charge is 0.136 e. The number of halogens is 1. The van der Waals surface area contributed by atoms with E-state index in [0.29, 0.717) is 0 Å². The highest BCUT2D eigenvalue weighted by atomic mass is 79.9. The maximum atomic E-state index is 10.7. The maximum Gasteiger partial charge on any atom is 0.136 e. The highest BCUT2D eigenvalue weighted by Crippen LogP contribution is 2.48. The van der Waals surface area contributed by atoms with E-state index in [1.54, 1.807) is 0 Å². The summed E-state index contributed by atoms with van der Waals surface area (Å²) in [5, 5.41) is 12.9. The van der Waals surface area contributed by atoms with Crippen molar-refractivity contribution in [1.29, 1.82) is 0 Å². The number of aromatic nitrogens is 1. The van der Waals surface area contributed by atoms with E-state index >= 15 is 0 Å². The van der Waals surface area contributed by atoms with Crippen molar-refractivity contribution in [2.45, 2.75) is 30.4 Å². The van der Waals surface area contributed by atoms with Crippen molar-refractivity contribution in [3.63, 3.8) is 0 Å². The first-order valence-corrected chi connectivity index (χ1v) is 8.34. The molecule has 2 heterocycles. The number of fused-ring (bicyclic) bond motifs is 5. The molecule has 0 unspecified atom stereocenters. The normalized spacial score (nSPS) is 23.5. The first kappa shape index (κ1) is 14.1. The van der Waals surface area contributed by atoms with Gasteiger partial charge in [-0.05, 0) is 26.0 Å². The zero-order valence-electron chi connectivity index (χ0n) is 12.8. The molecule has 0 saturated carbocycles. The van der Waals surface area contributed by atoms with E-state index in [0.717, 1.165) is 27.6 Å². The van der Waals surface area contributed by atoms with Gasteiger partial charge in [-0.2, -0.15) is 0 Å². The van der Waals surface area contributed by atoms with Crippen molar-refractivity contribution in [3.8, 4) is 5.75 Å². The quantitative estimate of drug-likeness (QED) is 0.607. The summed E-state index contributed by atoms with van der Waals surface area (Å²) >= 11 is 3.58. The number of aliphatic hydroxyl groups is 1. The van der Waals surface area contributed by atoms with E-state index in [1.807, 2.05) is 32.0 Å². The maximum absolute atomic E-state index is 10.7. The predicted octanol–water partition coefficient (Wildman–Crippen LogP) is 4.30.